The highest BCUT2D eigenvalue weighted by Crippen LogP contribution is 2.42. The minimum Gasteiger partial charge on any atom is -0.365 e. The van der Waals surface area contributed by atoms with Gasteiger partial charge in [-0.2, -0.15) is 10.2 Å². The minimum absolute atomic E-state index is 0.0423. The van der Waals surface area contributed by atoms with Crippen LogP contribution in [0.4, 0.5) is 15.8 Å². The molecule has 0 unspecified atom stereocenters. The molecule has 2 heterocycles. The molecule has 0 atom stereocenters. The second-order valence-electron chi connectivity index (χ2n) is 6.99. The quantitative estimate of drug-likeness (QED) is 0.744. The van der Waals surface area contributed by atoms with E-state index in [1.54, 1.807) is 17.0 Å². The van der Waals surface area contributed by atoms with Crippen LogP contribution in [0.3, 0.4) is 0 Å². The maximum absolute atomic E-state index is 13.7. The van der Waals surface area contributed by atoms with Crippen LogP contribution in [0.15, 0.2) is 28.4 Å². The van der Waals surface area contributed by atoms with Gasteiger partial charge in [0.05, 0.1) is 11.4 Å². The molecule has 1 aliphatic carbocycles. The average molecular weight is 340 g/mol. The van der Waals surface area contributed by atoms with E-state index in [0.717, 1.165) is 30.8 Å². The van der Waals surface area contributed by atoms with Crippen molar-refractivity contribution in [2.45, 2.75) is 50.2 Å². The molecule has 1 fully saturated rings. The largest absolute Gasteiger partial charge is 0.365 e. The summed E-state index contributed by atoms with van der Waals surface area (Å²) in [5.74, 6) is 2.38. The first-order chi connectivity index (χ1) is 12.1. The number of carbonyl (C=O) groups excluding carboxylic acids is 1. The van der Waals surface area contributed by atoms with E-state index < -0.39 is 5.66 Å². The van der Waals surface area contributed by atoms with Gasteiger partial charge in [0.15, 0.2) is 5.66 Å². The summed E-state index contributed by atoms with van der Waals surface area (Å²) in [6.07, 6.45) is 9.87. The van der Waals surface area contributed by atoms with E-state index in [1.807, 2.05) is 0 Å². The van der Waals surface area contributed by atoms with Crippen LogP contribution in [-0.2, 0) is 4.79 Å². The van der Waals surface area contributed by atoms with E-state index in [4.69, 9.17) is 6.42 Å². The lowest BCUT2D eigenvalue weighted by Crippen LogP contribution is -2.45. The van der Waals surface area contributed by atoms with Gasteiger partial charge < -0.3 is 9.80 Å². The third-order valence-electron chi connectivity index (χ3n) is 5.18. The molecule has 1 saturated carbocycles. The molecule has 0 saturated heterocycles. The number of rotatable bonds is 6. The lowest BCUT2D eigenvalue weighted by molar-refractivity contribution is -0.118. The van der Waals surface area contributed by atoms with Crippen molar-refractivity contribution >= 4 is 17.3 Å². The number of hydrogen-bond donors (Lipinski definition) is 0. The topological polar surface area (TPSA) is 48.3 Å². The molecule has 1 aromatic rings. The summed E-state index contributed by atoms with van der Waals surface area (Å²) in [6.45, 7) is 1.39. The Hall–Kier alpha value is -2.42. The Morgan fingerprint density at radius 1 is 1.28 bits per heavy atom. The van der Waals surface area contributed by atoms with Crippen molar-refractivity contribution < 1.29 is 9.18 Å². The van der Waals surface area contributed by atoms with Crippen molar-refractivity contribution in [2.24, 2.45) is 10.2 Å². The second kappa shape index (κ2) is 6.14. The van der Waals surface area contributed by atoms with Crippen LogP contribution in [0.1, 0.15) is 38.5 Å². The highest BCUT2D eigenvalue weighted by Gasteiger charge is 2.41. The molecule has 0 bridgehead atoms. The SMILES string of the molecule is C#CCCC1(CCC(=O)N2CCN(C3CC3)c3cc(F)ccc32)N=N1. The molecule has 1 amide bonds. The zero-order chi connectivity index (χ0) is 17.4. The molecule has 4 rings (SSSR count). The van der Waals surface area contributed by atoms with E-state index in [-0.39, 0.29) is 11.7 Å². The Balaban J connectivity index is 1.46. The molecule has 130 valence electrons. The lowest BCUT2D eigenvalue weighted by Gasteiger charge is -2.38. The molecular formula is C19H21FN4O. The van der Waals surface area contributed by atoms with E-state index >= 15 is 0 Å². The molecular weight excluding hydrogens is 319 g/mol. The van der Waals surface area contributed by atoms with Crippen LogP contribution in [0.5, 0.6) is 0 Å². The van der Waals surface area contributed by atoms with Crippen LogP contribution in [0.25, 0.3) is 0 Å². The fourth-order valence-electron chi connectivity index (χ4n) is 3.54. The summed E-state index contributed by atoms with van der Waals surface area (Å²) in [5.41, 5.74) is 1.21. The van der Waals surface area contributed by atoms with Crippen molar-refractivity contribution in [3.05, 3.63) is 24.0 Å². The van der Waals surface area contributed by atoms with Crippen LogP contribution in [0.2, 0.25) is 0 Å². The summed E-state index contributed by atoms with van der Waals surface area (Å²) >= 11 is 0. The number of anilines is 2. The molecule has 0 aromatic heterocycles. The lowest BCUT2D eigenvalue weighted by atomic mass is 10.0. The third kappa shape index (κ3) is 3.23. The Bertz CT molecular complexity index is 759. The van der Waals surface area contributed by atoms with Gasteiger partial charge in [-0.3, -0.25) is 4.79 Å². The van der Waals surface area contributed by atoms with Crippen LogP contribution < -0.4 is 9.80 Å². The molecule has 0 N–H and O–H groups in total. The molecule has 3 aliphatic rings. The summed E-state index contributed by atoms with van der Waals surface area (Å²) in [4.78, 5) is 16.8. The van der Waals surface area contributed by atoms with Gasteiger partial charge in [-0.05, 0) is 31.0 Å². The standard InChI is InChI=1S/C19H21FN4O/c1-2-3-9-19(21-22-19)10-8-18(25)24-12-11-23(15-5-6-15)17-13-14(20)4-7-16(17)24/h1,4,7,13,15H,3,5-6,8-12H2. The van der Waals surface area contributed by atoms with Crippen molar-refractivity contribution in [1.82, 2.24) is 0 Å². The van der Waals surface area contributed by atoms with Gasteiger partial charge in [-0.25, -0.2) is 4.39 Å². The molecule has 2 aliphatic heterocycles. The third-order valence-corrected chi connectivity index (χ3v) is 5.18. The van der Waals surface area contributed by atoms with Crippen molar-refractivity contribution in [1.29, 1.82) is 0 Å². The molecule has 0 spiro atoms. The minimum atomic E-state index is -0.441. The van der Waals surface area contributed by atoms with Crippen LogP contribution >= 0.6 is 0 Å². The predicted molar refractivity (Wildman–Crippen MR) is 94.0 cm³/mol. The normalized spacial score (nSPS) is 20.2. The van der Waals surface area contributed by atoms with Gasteiger partial charge in [-0.1, -0.05) is 0 Å². The Morgan fingerprint density at radius 3 is 2.76 bits per heavy atom. The van der Waals surface area contributed by atoms with Gasteiger partial charge >= 0.3 is 0 Å². The number of nitrogens with zero attached hydrogens (tertiary/aromatic N) is 4. The summed E-state index contributed by atoms with van der Waals surface area (Å²) in [5, 5.41) is 8.18. The van der Waals surface area contributed by atoms with Crippen molar-refractivity contribution in [2.75, 3.05) is 22.9 Å². The molecule has 5 nitrogen and oxygen atoms in total. The summed E-state index contributed by atoms with van der Waals surface area (Å²) in [6, 6.07) is 5.19. The van der Waals surface area contributed by atoms with Gasteiger partial charge in [0.1, 0.15) is 5.82 Å². The average Bonchev–Trinajstić information content (AvgIpc) is 3.52. The summed E-state index contributed by atoms with van der Waals surface area (Å²) < 4.78 is 13.7. The van der Waals surface area contributed by atoms with E-state index in [1.165, 1.54) is 6.07 Å². The zero-order valence-corrected chi connectivity index (χ0v) is 14.1. The highest BCUT2D eigenvalue weighted by molar-refractivity contribution is 5.98. The Morgan fingerprint density at radius 2 is 2.08 bits per heavy atom. The molecule has 0 radical (unpaired) electrons. The van der Waals surface area contributed by atoms with Crippen LogP contribution in [0, 0.1) is 18.2 Å². The van der Waals surface area contributed by atoms with E-state index in [9.17, 15) is 9.18 Å². The van der Waals surface area contributed by atoms with Gasteiger partial charge in [0.2, 0.25) is 5.91 Å². The van der Waals surface area contributed by atoms with Crippen molar-refractivity contribution in [3.8, 4) is 12.3 Å². The molecule has 6 heteroatoms. The van der Waals surface area contributed by atoms with E-state index in [2.05, 4.69) is 21.0 Å². The van der Waals surface area contributed by atoms with Gasteiger partial charge in [0, 0.05) is 44.8 Å². The number of amides is 1. The monoisotopic (exact) mass is 340 g/mol. The first-order valence-electron chi connectivity index (χ1n) is 8.86. The second-order valence-corrected chi connectivity index (χ2v) is 6.99. The number of terminal acetylenes is 1. The Kier molecular flexibility index (Phi) is 3.95. The number of fused-ring (bicyclic) bond motifs is 1. The van der Waals surface area contributed by atoms with Crippen molar-refractivity contribution in [3.63, 3.8) is 0 Å². The Labute approximate surface area is 146 Å². The van der Waals surface area contributed by atoms with Crippen LogP contribution in [-0.4, -0.2) is 30.7 Å². The molecule has 25 heavy (non-hydrogen) atoms. The zero-order valence-electron chi connectivity index (χ0n) is 14.1. The maximum Gasteiger partial charge on any atom is 0.227 e. The number of hydrogen-bond acceptors (Lipinski definition) is 4. The highest BCUT2D eigenvalue weighted by atomic mass is 19.1. The fraction of sp³-hybridized carbons (Fsp3) is 0.526. The van der Waals surface area contributed by atoms with E-state index in [0.29, 0.717) is 38.3 Å². The van der Waals surface area contributed by atoms with Gasteiger partial charge in [-0.15, -0.1) is 12.3 Å². The predicted octanol–water partition coefficient (Wildman–Crippen LogP) is 3.50. The fourth-order valence-corrected chi connectivity index (χ4v) is 3.54. The number of halogens is 1. The number of benzene rings is 1. The van der Waals surface area contributed by atoms with Gasteiger partial charge in [0.25, 0.3) is 0 Å². The first kappa shape index (κ1) is 16.1. The smallest absolute Gasteiger partial charge is 0.227 e. The maximum atomic E-state index is 13.7. The number of carbonyl (C=O) groups is 1. The summed E-state index contributed by atoms with van der Waals surface area (Å²) in [7, 11) is 0. The first-order valence-corrected chi connectivity index (χ1v) is 8.86. The molecule has 1 aromatic carbocycles.